The predicted octanol–water partition coefficient (Wildman–Crippen LogP) is 5.02. The summed E-state index contributed by atoms with van der Waals surface area (Å²) in [6.07, 6.45) is -1.96. The van der Waals surface area contributed by atoms with Gasteiger partial charge in [0, 0.05) is 13.0 Å². The molecule has 2 aromatic rings. The minimum Gasteiger partial charge on any atom is -0.372 e. The average molecular weight is 447 g/mol. The molecule has 0 aromatic heterocycles. The Bertz CT molecular complexity index is 967. The molecule has 2 aliphatic rings. The molecule has 0 saturated carbocycles. The number of amides is 1. The van der Waals surface area contributed by atoms with Crippen molar-refractivity contribution in [2.45, 2.75) is 62.9 Å². The molecule has 2 heterocycles. The van der Waals surface area contributed by atoms with Crippen LogP contribution in [-0.4, -0.2) is 24.6 Å². The van der Waals surface area contributed by atoms with Crippen molar-refractivity contribution in [3.63, 3.8) is 0 Å². The summed E-state index contributed by atoms with van der Waals surface area (Å²) in [5, 5.41) is 6.76. The van der Waals surface area contributed by atoms with Gasteiger partial charge < -0.3 is 15.4 Å². The highest BCUT2D eigenvalue weighted by Crippen LogP contribution is 2.39. The van der Waals surface area contributed by atoms with Gasteiger partial charge in [0.05, 0.1) is 29.4 Å². The Hall–Kier alpha value is -2.38. The van der Waals surface area contributed by atoms with E-state index in [0.717, 1.165) is 30.9 Å². The Morgan fingerprint density at radius 3 is 2.44 bits per heavy atom. The van der Waals surface area contributed by atoms with Crippen LogP contribution in [0.1, 0.15) is 61.0 Å². The minimum absolute atomic E-state index is 0.0869. The van der Waals surface area contributed by atoms with Crippen molar-refractivity contribution in [3.8, 4) is 0 Å². The topological polar surface area (TPSA) is 50.4 Å². The third-order valence-electron chi connectivity index (χ3n) is 6.83. The zero-order chi connectivity index (χ0) is 23.0. The Balaban J connectivity index is 1.53. The summed E-state index contributed by atoms with van der Waals surface area (Å²) in [7, 11) is 0. The van der Waals surface area contributed by atoms with Gasteiger partial charge in [0.15, 0.2) is 0 Å². The van der Waals surface area contributed by atoms with Crippen molar-refractivity contribution >= 4 is 5.91 Å². The van der Waals surface area contributed by atoms with Crippen LogP contribution in [0, 0.1) is 6.92 Å². The minimum atomic E-state index is -4.39. The standard InChI is InChI=1S/C25H29F3N2O2/c1-17-12-19(14-21(13-17)25(26,27)28)18(2)32-16-24(20-6-4-3-5-7-20)11-10-23(15-29-24)9-8-22(31)30-23/h3-7,12-14,18,29H,8-11,15-16H2,1-2H3,(H,30,31)/t18-,23+,24+/m1/s1. The highest BCUT2D eigenvalue weighted by Gasteiger charge is 2.46. The molecule has 3 atom stereocenters. The first-order valence-corrected chi connectivity index (χ1v) is 11.0. The van der Waals surface area contributed by atoms with E-state index in [1.54, 1.807) is 19.9 Å². The number of nitrogens with one attached hydrogen (secondary N) is 2. The van der Waals surface area contributed by atoms with Crippen LogP contribution in [0.5, 0.6) is 0 Å². The third-order valence-corrected chi connectivity index (χ3v) is 6.83. The van der Waals surface area contributed by atoms with Crippen LogP contribution in [-0.2, 0) is 21.2 Å². The number of hydrogen-bond donors (Lipinski definition) is 2. The monoisotopic (exact) mass is 446 g/mol. The second-order valence-corrected chi connectivity index (χ2v) is 9.21. The average Bonchev–Trinajstić information content (AvgIpc) is 3.13. The van der Waals surface area contributed by atoms with Crippen LogP contribution in [0.4, 0.5) is 13.2 Å². The molecule has 2 fully saturated rings. The molecule has 2 aromatic carbocycles. The number of alkyl halides is 3. The van der Waals surface area contributed by atoms with Crippen molar-refractivity contribution in [2.75, 3.05) is 13.2 Å². The number of hydrogen-bond acceptors (Lipinski definition) is 3. The molecule has 7 heteroatoms. The lowest BCUT2D eigenvalue weighted by Gasteiger charge is -2.46. The predicted molar refractivity (Wildman–Crippen MR) is 116 cm³/mol. The normalized spacial score (nSPS) is 26.8. The highest BCUT2D eigenvalue weighted by atomic mass is 19.4. The van der Waals surface area contributed by atoms with Gasteiger partial charge in [-0.2, -0.15) is 13.2 Å². The molecule has 1 spiro atoms. The Labute approximate surface area is 186 Å². The summed E-state index contributed by atoms with van der Waals surface area (Å²) < 4.78 is 46.0. The number of aryl methyl sites for hydroxylation is 1. The number of carbonyl (C=O) groups is 1. The smallest absolute Gasteiger partial charge is 0.372 e. The fourth-order valence-electron chi connectivity index (χ4n) is 4.85. The second-order valence-electron chi connectivity index (χ2n) is 9.21. The van der Waals surface area contributed by atoms with E-state index >= 15 is 0 Å². The maximum atomic E-state index is 13.3. The molecule has 32 heavy (non-hydrogen) atoms. The Morgan fingerprint density at radius 1 is 1.09 bits per heavy atom. The molecule has 1 amide bonds. The lowest BCUT2D eigenvalue weighted by atomic mass is 9.76. The molecular weight excluding hydrogens is 417 g/mol. The Kier molecular flexibility index (Phi) is 6.07. The third kappa shape index (κ3) is 4.69. The van der Waals surface area contributed by atoms with E-state index in [0.29, 0.717) is 30.7 Å². The lowest BCUT2D eigenvalue weighted by molar-refractivity contribution is -0.137. The number of halogens is 3. The molecule has 2 aliphatic heterocycles. The summed E-state index contributed by atoms with van der Waals surface area (Å²) in [6.45, 7) is 4.40. The van der Waals surface area contributed by atoms with Gasteiger partial charge >= 0.3 is 6.18 Å². The Morgan fingerprint density at radius 2 is 1.84 bits per heavy atom. The summed E-state index contributed by atoms with van der Waals surface area (Å²) in [6, 6.07) is 14.0. The zero-order valence-electron chi connectivity index (χ0n) is 18.4. The molecule has 2 saturated heterocycles. The van der Waals surface area contributed by atoms with Gasteiger partial charge in [-0.15, -0.1) is 0 Å². The van der Waals surface area contributed by atoms with Crippen molar-refractivity contribution in [1.29, 1.82) is 0 Å². The maximum absolute atomic E-state index is 13.3. The van der Waals surface area contributed by atoms with E-state index in [9.17, 15) is 18.0 Å². The van der Waals surface area contributed by atoms with Gasteiger partial charge in [0.1, 0.15) is 0 Å². The van der Waals surface area contributed by atoms with Gasteiger partial charge in [0.25, 0.3) is 0 Å². The number of benzene rings is 2. The van der Waals surface area contributed by atoms with E-state index in [-0.39, 0.29) is 11.4 Å². The van der Waals surface area contributed by atoms with E-state index in [4.69, 9.17) is 4.74 Å². The van der Waals surface area contributed by atoms with Crippen LogP contribution in [0.3, 0.4) is 0 Å². The number of rotatable bonds is 5. The van der Waals surface area contributed by atoms with Crippen LogP contribution >= 0.6 is 0 Å². The first-order chi connectivity index (χ1) is 15.1. The number of piperidine rings is 1. The first kappa shape index (κ1) is 22.8. The van der Waals surface area contributed by atoms with Crippen LogP contribution in [0.2, 0.25) is 0 Å². The molecule has 0 unspecified atom stereocenters. The van der Waals surface area contributed by atoms with E-state index in [1.807, 2.05) is 30.3 Å². The molecule has 172 valence electrons. The van der Waals surface area contributed by atoms with E-state index < -0.39 is 23.4 Å². The fourth-order valence-corrected chi connectivity index (χ4v) is 4.85. The zero-order valence-corrected chi connectivity index (χ0v) is 18.4. The van der Waals surface area contributed by atoms with Crippen LogP contribution in [0.25, 0.3) is 0 Å². The maximum Gasteiger partial charge on any atom is 0.416 e. The van der Waals surface area contributed by atoms with Crippen molar-refractivity contribution in [1.82, 2.24) is 10.6 Å². The second kappa shape index (κ2) is 8.52. The van der Waals surface area contributed by atoms with Gasteiger partial charge in [0.2, 0.25) is 5.91 Å². The molecule has 0 radical (unpaired) electrons. The number of ether oxygens (including phenoxy) is 1. The van der Waals surface area contributed by atoms with Crippen molar-refractivity contribution < 1.29 is 22.7 Å². The quantitative estimate of drug-likeness (QED) is 0.678. The summed E-state index contributed by atoms with van der Waals surface area (Å²) in [5.41, 5.74) is 0.792. The van der Waals surface area contributed by atoms with Crippen molar-refractivity contribution in [2.24, 2.45) is 0 Å². The van der Waals surface area contributed by atoms with E-state index in [1.165, 1.54) is 6.07 Å². The van der Waals surface area contributed by atoms with E-state index in [2.05, 4.69) is 10.6 Å². The van der Waals surface area contributed by atoms with Gasteiger partial charge in [-0.05, 0) is 56.4 Å². The molecule has 0 bridgehead atoms. The number of carbonyl (C=O) groups excluding carboxylic acids is 1. The van der Waals surface area contributed by atoms with Crippen molar-refractivity contribution in [3.05, 3.63) is 70.8 Å². The largest absolute Gasteiger partial charge is 0.416 e. The lowest BCUT2D eigenvalue weighted by Crippen LogP contribution is -2.61. The van der Waals surface area contributed by atoms with Gasteiger partial charge in [-0.25, -0.2) is 0 Å². The highest BCUT2D eigenvalue weighted by molar-refractivity contribution is 5.79. The molecule has 4 rings (SSSR count). The first-order valence-electron chi connectivity index (χ1n) is 11.0. The SMILES string of the molecule is Cc1cc([C@@H](C)OC[C@]2(c3ccccc3)CC[C@@]3(CCC(=O)N3)CN2)cc(C(F)(F)F)c1. The molecular formula is C25H29F3N2O2. The summed E-state index contributed by atoms with van der Waals surface area (Å²) in [5.74, 6) is 0.0869. The van der Waals surface area contributed by atoms with Gasteiger partial charge in [-0.3, -0.25) is 4.79 Å². The molecule has 4 nitrogen and oxygen atoms in total. The van der Waals surface area contributed by atoms with Crippen LogP contribution in [0.15, 0.2) is 48.5 Å². The molecule has 0 aliphatic carbocycles. The summed E-state index contributed by atoms with van der Waals surface area (Å²) in [4.78, 5) is 11.8. The van der Waals surface area contributed by atoms with Crippen LogP contribution < -0.4 is 10.6 Å². The van der Waals surface area contributed by atoms with Gasteiger partial charge in [-0.1, -0.05) is 42.0 Å². The molecule has 2 N–H and O–H groups in total. The summed E-state index contributed by atoms with van der Waals surface area (Å²) >= 11 is 0. The fraction of sp³-hybridized carbons (Fsp3) is 0.480.